The SMILES string of the molecule is Clc1ccc(CN[C@@H]2CCCSC2)cc1. The average molecular weight is 242 g/mol. The Morgan fingerprint density at radius 2 is 2.13 bits per heavy atom. The van der Waals surface area contributed by atoms with E-state index in [0.29, 0.717) is 6.04 Å². The minimum atomic E-state index is 0.694. The highest BCUT2D eigenvalue weighted by molar-refractivity contribution is 7.99. The van der Waals surface area contributed by atoms with Crippen LogP contribution in [0, 0.1) is 0 Å². The van der Waals surface area contributed by atoms with E-state index in [1.165, 1.54) is 29.9 Å². The van der Waals surface area contributed by atoms with Crippen LogP contribution in [-0.2, 0) is 6.54 Å². The molecular formula is C12H16ClNS. The molecule has 2 rings (SSSR count). The molecule has 0 aliphatic carbocycles. The van der Waals surface area contributed by atoms with E-state index in [1.807, 2.05) is 12.1 Å². The molecule has 3 heteroatoms. The zero-order valence-corrected chi connectivity index (χ0v) is 10.3. The van der Waals surface area contributed by atoms with E-state index in [-0.39, 0.29) is 0 Å². The fourth-order valence-corrected chi connectivity index (χ4v) is 3.00. The summed E-state index contributed by atoms with van der Waals surface area (Å²) in [6.45, 7) is 0.961. The predicted molar refractivity (Wildman–Crippen MR) is 68.6 cm³/mol. The van der Waals surface area contributed by atoms with Crippen LogP contribution >= 0.6 is 23.4 Å². The van der Waals surface area contributed by atoms with Crippen molar-refractivity contribution >= 4 is 23.4 Å². The highest BCUT2D eigenvalue weighted by atomic mass is 35.5. The Kier molecular flexibility index (Phi) is 4.36. The molecule has 1 aromatic carbocycles. The maximum atomic E-state index is 5.84. The smallest absolute Gasteiger partial charge is 0.0406 e. The lowest BCUT2D eigenvalue weighted by Gasteiger charge is -2.22. The molecule has 1 aromatic rings. The topological polar surface area (TPSA) is 12.0 Å². The molecule has 15 heavy (non-hydrogen) atoms. The molecular weight excluding hydrogens is 226 g/mol. The van der Waals surface area contributed by atoms with Gasteiger partial charge >= 0.3 is 0 Å². The maximum absolute atomic E-state index is 5.84. The molecule has 0 spiro atoms. The van der Waals surface area contributed by atoms with Crippen LogP contribution in [0.2, 0.25) is 5.02 Å². The van der Waals surface area contributed by atoms with Gasteiger partial charge < -0.3 is 5.32 Å². The van der Waals surface area contributed by atoms with Crippen molar-refractivity contribution < 1.29 is 0 Å². The lowest BCUT2D eigenvalue weighted by Crippen LogP contribution is -2.33. The number of nitrogens with one attached hydrogen (secondary N) is 1. The van der Waals surface area contributed by atoms with Crippen LogP contribution in [0.5, 0.6) is 0 Å². The molecule has 1 fully saturated rings. The van der Waals surface area contributed by atoms with Gasteiger partial charge in [-0.2, -0.15) is 11.8 Å². The van der Waals surface area contributed by atoms with E-state index in [0.717, 1.165) is 11.6 Å². The molecule has 0 bridgehead atoms. The third-order valence-corrected chi connectivity index (χ3v) is 4.14. The second-order valence-corrected chi connectivity index (χ2v) is 5.51. The summed E-state index contributed by atoms with van der Waals surface area (Å²) < 4.78 is 0. The van der Waals surface area contributed by atoms with Gasteiger partial charge in [0.15, 0.2) is 0 Å². The highest BCUT2D eigenvalue weighted by Gasteiger charge is 2.12. The third-order valence-electron chi connectivity index (χ3n) is 2.67. The van der Waals surface area contributed by atoms with E-state index in [4.69, 9.17) is 11.6 Å². The first-order valence-corrected chi connectivity index (χ1v) is 6.93. The monoisotopic (exact) mass is 241 g/mol. The number of rotatable bonds is 3. The van der Waals surface area contributed by atoms with Gasteiger partial charge in [0.05, 0.1) is 0 Å². The number of halogens is 1. The summed E-state index contributed by atoms with van der Waals surface area (Å²) in [5.41, 5.74) is 1.31. The molecule has 0 radical (unpaired) electrons. The standard InChI is InChI=1S/C12H16ClNS/c13-11-5-3-10(4-6-11)8-14-12-2-1-7-15-9-12/h3-6,12,14H,1-2,7-9H2/t12-/m1/s1. The molecule has 0 saturated carbocycles. The largest absolute Gasteiger partial charge is 0.309 e. The molecule has 0 unspecified atom stereocenters. The minimum absolute atomic E-state index is 0.694. The lowest BCUT2D eigenvalue weighted by atomic mass is 10.1. The molecule has 1 aliphatic rings. The summed E-state index contributed by atoms with van der Waals surface area (Å²) in [5.74, 6) is 2.59. The first-order chi connectivity index (χ1) is 7.34. The molecule has 1 nitrogen and oxygen atoms in total. The van der Waals surface area contributed by atoms with Crippen LogP contribution in [0.1, 0.15) is 18.4 Å². The summed E-state index contributed by atoms with van der Waals surface area (Å²) in [6.07, 6.45) is 2.67. The normalized spacial score (nSPS) is 21.5. The summed E-state index contributed by atoms with van der Waals surface area (Å²) in [4.78, 5) is 0. The molecule has 0 amide bonds. The fraction of sp³-hybridized carbons (Fsp3) is 0.500. The van der Waals surface area contributed by atoms with Gasteiger partial charge in [-0.25, -0.2) is 0 Å². The summed E-state index contributed by atoms with van der Waals surface area (Å²) in [5, 5.41) is 4.41. The molecule has 1 atom stereocenters. The lowest BCUT2D eigenvalue weighted by molar-refractivity contribution is 0.507. The van der Waals surface area contributed by atoms with Gasteiger partial charge in [0, 0.05) is 23.4 Å². The van der Waals surface area contributed by atoms with E-state index >= 15 is 0 Å². The molecule has 1 saturated heterocycles. The zero-order valence-electron chi connectivity index (χ0n) is 8.71. The van der Waals surface area contributed by atoms with Gasteiger partial charge in [0.25, 0.3) is 0 Å². The van der Waals surface area contributed by atoms with E-state index in [2.05, 4.69) is 29.2 Å². The van der Waals surface area contributed by atoms with Crippen molar-refractivity contribution in [3.05, 3.63) is 34.9 Å². The first-order valence-electron chi connectivity index (χ1n) is 5.40. The van der Waals surface area contributed by atoms with Crippen molar-refractivity contribution in [3.63, 3.8) is 0 Å². The van der Waals surface area contributed by atoms with Crippen molar-refractivity contribution in [2.75, 3.05) is 11.5 Å². The van der Waals surface area contributed by atoms with Crippen LogP contribution in [0.25, 0.3) is 0 Å². The average Bonchev–Trinajstić information content (AvgIpc) is 2.30. The van der Waals surface area contributed by atoms with Crippen LogP contribution in [0.4, 0.5) is 0 Å². The van der Waals surface area contributed by atoms with E-state index in [9.17, 15) is 0 Å². The minimum Gasteiger partial charge on any atom is -0.309 e. The van der Waals surface area contributed by atoms with Crippen molar-refractivity contribution in [3.8, 4) is 0 Å². The molecule has 1 N–H and O–H groups in total. The second kappa shape index (κ2) is 5.78. The Morgan fingerprint density at radius 3 is 2.80 bits per heavy atom. The summed E-state index contributed by atoms with van der Waals surface area (Å²) in [6, 6.07) is 8.78. The Bertz CT molecular complexity index is 293. The van der Waals surface area contributed by atoms with Crippen LogP contribution in [0.3, 0.4) is 0 Å². The van der Waals surface area contributed by atoms with Crippen LogP contribution < -0.4 is 5.32 Å². The summed E-state index contributed by atoms with van der Waals surface area (Å²) in [7, 11) is 0. The number of benzene rings is 1. The van der Waals surface area contributed by atoms with Crippen molar-refractivity contribution in [2.45, 2.75) is 25.4 Å². The Morgan fingerprint density at radius 1 is 1.33 bits per heavy atom. The van der Waals surface area contributed by atoms with E-state index in [1.54, 1.807) is 0 Å². The maximum Gasteiger partial charge on any atom is 0.0406 e. The Hall–Kier alpha value is -0.180. The number of thioether (sulfide) groups is 1. The fourth-order valence-electron chi connectivity index (χ4n) is 1.77. The van der Waals surface area contributed by atoms with Gasteiger partial charge in [-0.15, -0.1) is 0 Å². The van der Waals surface area contributed by atoms with E-state index < -0.39 is 0 Å². The third kappa shape index (κ3) is 3.71. The van der Waals surface area contributed by atoms with Gasteiger partial charge in [0.2, 0.25) is 0 Å². The number of hydrogen-bond donors (Lipinski definition) is 1. The summed E-state index contributed by atoms with van der Waals surface area (Å²) >= 11 is 7.89. The Labute approximate surface area is 101 Å². The molecule has 0 aromatic heterocycles. The van der Waals surface area contributed by atoms with Gasteiger partial charge in [-0.05, 0) is 36.3 Å². The zero-order chi connectivity index (χ0) is 10.5. The molecule has 1 aliphatic heterocycles. The van der Waals surface area contributed by atoms with Gasteiger partial charge in [0.1, 0.15) is 0 Å². The van der Waals surface area contributed by atoms with Crippen LogP contribution in [-0.4, -0.2) is 17.5 Å². The van der Waals surface area contributed by atoms with Gasteiger partial charge in [-0.1, -0.05) is 23.7 Å². The Balaban J connectivity index is 1.79. The molecule has 1 heterocycles. The predicted octanol–water partition coefficient (Wildman–Crippen LogP) is 3.33. The second-order valence-electron chi connectivity index (χ2n) is 3.92. The van der Waals surface area contributed by atoms with Crippen molar-refractivity contribution in [2.24, 2.45) is 0 Å². The first kappa shape index (κ1) is 11.3. The van der Waals surface area contributed by atoms with Gasteiger partial charge in [-0.3, -0.25) is 0 Å². The van der Waals surface area contributed by atoms with Crippen LogP contribution in [0.15, 0.2) is 24.3 Å². The molecule has 82 valence electrons. The number of hydrogen-bond acceptors (Lipinski definition) is 2. The van der Waals surface area contributed by atoms with Crippen molar-refractivity contribution in [1.82, 2.24) is 5.32 Å². The van der Waals surface area contributed by atoms with Crippen molar-refractivity contribution in [1.29, 1.82) is 0 Å². The highest BCUT2D eigenvalue weighted by Crippen LogP contribution is 2.17. The quantitative estimate of drug-likeness (QED) is 0.872.